The second-order valence-electron chi connectivity index (χ2n) is 17.9. The van der Waals surface area contributed by atoms with Gasteiger partial charge in [-0.05, 0) is 57.8 Å². The Morgan fingerprint density at radius 2 is 0.797 bits per heavy atom. The quantitative estimate of drug-likeness (QED) is 0.0322. The number of esters is 1. The number of hydrogen-bond donors (Lipinski definition) is 3. The molecule has 59 heavy (non-hydrogen) atoms. The van der Waals surface area contributed by atoms with Crippen LogP contribution in [0.1, 0.15) is 277 Å². The number of unbranched alkanes of at least 4 members (excludes halogenated alkanes) is 35. The van der Waals surface area contributed by atoms with Crippen molar-refractivity contribution in [1.29, 1.82) is 0 Å². The predicted octanol–water partition coefficient (Wildman–Crippen LogP) is 15.5. The van der Waals surface area contributed by atoms with Crippen molar-refractivity contribution >= 4 is 11.9 Å². The number of hydrogen-bond acceptors (Lipinski definition) is 5. The summed E-state index contributed by atoms with van der Waals surface area (Å²) in [5, 5.41) is 23.0. The number of rotatable bonds is 48. The van der Waals surface area contributed by atoms with Crippen LogP contribution < -0.4 is 5.32 Å². The Kier molecular flexibility index (Phi) is 47.6. The van der Waals surface area contributed by atoms with E-state index in [9.17, 15) is 19.8 Å². The van der Waals surface area contributed by atoms with Crippen molar-refractivity contribution < 1.29 is 24.5 Å². The Hall–Kier alpha value is -1.66. The molecule has 0 saturated carbocycles. The van der Waals surface area contributed by atoms with Gasteiger partial charge in [0.15, 0.2) is 0 Å². The second-order valence-corrected chi connectivity index (χ2v) is 17.9. The van der Waals surface area contributed by atoms with E-state index in [1.807, 2.05) is 6.08 Å². The molecule has 3 N–H and O–H groups in total. The van der Waals surface area contributed by atoms with Crippen LogP contribution in [0.25, 0.3) is 0 Å². The van der Waals surface area contributed by atoms with E-state index in [2.05, 4.69) is 31.3 Å². The van der Waals surface area contributed by atoms with Gasteiger partial charge in [-0.3, -0.25) is 9.59 Å². The molecule has 0 rings (SSSR count). The maximum atomic E-state index is 12.4. The van der Waals surface area contributed by atoms with E-state index in [0.29, 0.717) is 19.4 Å². The summed E-state index contributed by atoms with van der Waals surface area (Å²) in [5.41, 5.74) is 0. The van der Waals surface area contributed by atoms with Crippen LogP contribution in [0.3, 0.4) is 0 Å². The fraction of sp³-hybridized carbons (Fsp3) is 0.887. The first-order valence-electron chi connectivity index (χ1n) is 26.1. The summed E-state index contributed by atoms with van der Waals surface area (Å²) in [5.74, 6) is -0.109. The second kappa shape index (κ2) is 49.0. The van der Waals surface area contributed by atoms with Crippen LogP contribution in [-0.2, 0) is 14.3 Å². The number of amides is 1. The summed E-state index contributed by atoms with van der Waals surface area (Å²) in [6.07, 6.45) is 57.5. The van der Waals surface area contributed by atoms with Gasteiger partial charge in [0.1, 0.15) is 0 Å². The Labute approximate surface area is 367 Å². The van der Waals surface area contributed by atoms with Gasteiger partial charge in [0.2, 0.25) is 5.91 Å². The molecule has 0 aromatic heterocycles. The summed E-state index contributed by atoms with van der Waals surface area (Å²) >= 11 is 0. The SMILES string of the molecule is CCCCCCCCCCCCCCC/C=C/C(O)C(CO)NC(=O)CCCCC/C=C\CCCCCCCCOC(=O)CCCCCCCCCCCCCCCC. The van der Waals surface area contributed by atoms with E-state index >= 15 is 0 Å². The lowest BCUT2D eigenvalue weighted by Gasteiger charge is -2.19. The van der Waals surface area contributed by atoms with Crippen molar-refractivity contribution in [2.75, 3.05) is 13.2 Å². The standard InChI is InChI=1S/C53H101NO5/c1-3-5-7-9-11-13-15-17-19-21-25-29-33-37-41-45-51(56)50(49-55)54-52(57)46-42-38-34-30-26-22-20-24-28-32-36-40-44-48-59-53(58)47-43-39-35-31-27-23-18-16-14-12-10-8-6-4-2/h22,26,41,45,50-51,55-56H,3-21,23-25,27-40,42-44,46-49H2,1-2H3,(H,54,57)/b26-22-,45-41+. The number of allylic oxidation sites excluding steroid dienone is 3. The molecule has 0 fully saturated rings. The minimum absolute atomic E-state index is 0.0120. The summed E-state index contributed by atoms with van der Waals surface area (Å²) < 4.78 is 5.45. The number of carbonyl (C=O) groups excluding carboxylic acids is 2. The highest BCUT2D eigenvalue weighted by molar-refractivity contribution is 5.76. The highest BCUT2D eigenvalue weighted by Gasteiger charge is 2.18. The van der Waals surface area contributed by atoms with Gasteiger partial charge in [0.25, 0.3) is 0 Å². The van der Waals surface area contributed by atoms with Crippen LogP contribution in [0.15, 0.2) is 24.3 Å². The molecule has 0 spiro atoms. The van der Waals surface area contributed by atoms with Gasteiger partial charge < -0.3 is 20.3 Å². The molecule has 2 atom stereocenters. The number of aliphatic hydroxyl groups excluding tert-OH is 2. The average molecular weight is 832 g/mol. The highest BCUT2D eigenvalue weighted by atomic mass is 16.5. The van der Waals surface area contributed by atoms with Crippen molar-refractivity contribution in [1.82, 2.24) is 5.32 Å². The third-order valence-corrected chi connectivity index (χ3v) is 12.0. The molecule has 0 aliphatic carbocycles. The fourth-order valence-corrected chi connectivity index (χ4v) is 7.92. The summed E-state index contributed by atoms with van der Waals surface area (Å²) in [6, 6.07) is -0.647. The van der Waals surface area contributed by atoms with Crippen molar-refractivity contribution in [2.45, 2.75) is 289 Å². The maximum absolute atomic E-state index is 12.4. The molecule has 6 nitrogen and oxygen atoms in total. The fourth-order valence-electron chi connectivity index (χ4n) is 7.92. The first kappa shape index (κ1) is 57.3. The molecule has 0 aromatic rings. The van der Waals surface area contributed by atoms with E-state index in [1.165, 1.54) is 180 Å². The van der Waals surface area contributed by atoms with Gasteiger partial charge >= 0.3 is 5.97 Å². The lowest BCUT2D eigenvalue weighted by Crippen LogP contribution is -2.45. The smallest absolute Gasteiger partial charge is 0.305 e. The number of nitrogens with one attached hydrogen (secondary N) is 1. The minimum Gasteiger partial charge on any atom is -0.466 e. The summed E-state index contributed by atoms with van der Waals surface area (Å²) in [4.78, 5) is 24.4. The van der Waals surface area contributed by atoms with Crippen molar-refractivity contribution in [2.24, 2.45) is 0 Å². The van der Waals surface area contributed by atoms with Gasteiger partial charge in [0, 0.05) is 12.8 Å². The van der Waals surface area contributed by atoms with E-state index < -0.39 is 12.1 Å². The van der Waals surface area contributed by atoms with Gasteiger partial charge in [-0.15, -0.1) is 0 Å². The Morgan fingerprint density at radius 1 is 0.458 bits per heavy atom. The van der Waals surface area contributed by atoms with E-state index in [0.717, 1.165) is 70.6 Å². The van der Waals surface area contributed by atoms with E-state index in [-0.39, 0.29) is 18.5 Å². The third kappa shape index (κ3) is 45.7. The Morgan fingerprint density at radius 3 is 1.22 bits per heavy atom. The number of ether oxygens (including phenoxy) is 1. The van der Waals surface area contributed by atoms with Crippen LogP contribution in [0.2, 0.25) is 0 Å². The molecule has 0 heterocycles. The molecule has 1 amide bonds. The van der Waals surface area contributed by atoms with Gasteiger partial charge in [0.05, 0.1) is 25.4 Å². The van der Waals surface area contributed by atoms with Crippen molar-refractivity contribution in [3.63, 3.8) is 0 Å². The first-order chi connectivity index (χ1) is 29.0. The molecule has 0 radical (unpaired) electrons. The first-order valence-corrected chi connectivity index (χ1v) is 26.1. The predicted molar refractivity (Wildman–Crippen MR) is 255 cm³/mol. The molecular weight excluding hydrogens is 731 g/mol. The Bertz CT molecular complexity index is 920. The minimum atomic E-state index is -0.860. The summed E-state index contributed by atoms with van der Waals surface area (Å²) in [6.45, 7) is 4.86. The van der Waals surface area contributed by atoms with Crippen LogP contribution in [0.5, 0.6) is 0 Å². The van der Waals surface area contributed by atoms with Gasteiger partial charge in [-0.1, -0.05) is 231 Å². The molecule has 0 aliphatic heterocycles. The zero-order valence-electron chi connectivity index (χ0n) is 39.5. The van der Waals surface area contributed by atoms with Crippen LogP contribution in [0.4, 0.5) is 0 Å². The molecule has 0 bridgehead atoms. The van der Waals surface area contributed by atoms with Crippen LogP contribution in [0, 0.1) is 0 Å². The molecule has 6 heteroatoms. The lowest BCUT2D eigenvalue weighted by atomic mass is 10.0. The molecule has 0 saturated heterocycles. The van der Waals surface area contributed by atoms with Gasteiger partial charge in [-0.25, -0.2) is 0 Å². The Balaban J connectivity index is 3.53. The summed E-state index contributed by atoms with van der Waals surface area (Å²) in [7, 11) is 0. The normalized spacial score (nSPS) is 12.8. The maximum Gasteiger partial charge on any atom is 0.305 e. The zero-order chi connectivity index (χ0) is 43.0. The molecule has 0 aromatic carbocycles. The number of aliphatic hydroxyl groups is 2. The number of carbonyl (C=O) groups is 2. The highest BCUT2D eigenvalue weighted by Crippen LogP contribution is 2.16. The van der Waals surface area contributed by atoms with Crippen molar-refractivity contribution in [3.8, 4) is 0 Å². The molecule has 348 valence electrons. The third-order valence-electron chi connectivity index (χ3n) is 12.0. The monoisotopic (exact) mass is 832 g/mol. The molecule has 2 unspecified atom stereocenters. The topological polar surface area (TPSA) is 95.9 Å². The average Bonchev–Trinajstić information content (AvgIpc) is 3.24. The molecule has 0 aliphatic rings. The van der Waals surface area contributed by atoms with Gasteiger partial charge in [-0.2, -0.15) is 0 Å². The molecular formula is C53H101NO5. The lowest BCUT2D eigenvalue weighted by molar-refractivity contribution is -0.143. The van der Waals surface area contributed by atoms with Crippen LogP contribution in [-0.4, -0.2) is 47.4 Å². The zero-order valence-corrected chi connectivity index (χ0v) is 39.5. The largest absolute Gasteiger partial charge is 0.466 e. The van der Waals surface area contributed by atoms with Crippen molar-refractivity contribution in [3.05, 3.63) is 24.3 Å². The van der Waals surface area contributed by atoms with Crippen LogP contribution >= 0.6 is 0 Å². The van der Waals surface area contributed by atoms with E-state index in [4.69, 9.17) is 4.74 Å². The van der Waals surface area contributed by atoms with E-state index in [1.54, 1.807) is 6.08 Å².